The Hall–Kier alpha value is -2.62. The van der Waals surface area contributed by atoms with E-state index in [1.165, 1.54) is 5.56 Å². The van der Waals surface area contributed by atoms with E-state index in [1.807, 2.05) is 48.5 Å². The lowest BCUT2D eigenvalue weighted by atomic mass is 9.87. The van der Waals surface area contributed by atoms with Crippen molar-refractivity contribution in [2.45, 2.75) is 46.0 Å². The quantitative estimate of drug-likeness (QED) is 0.436. The molecule has 0 aliphatic carbocycles. The Morgan fingerprint density at radius 3 is 2.31 bits per heavy atom. The summed E-state index contributed by atoms with van der Waals surface area (Å²) in [7, 11) is 0. The number of carbonyl (C=O) groups is 1. The molecule has 0 aliphatic rings. The number of benzene rings is 2. The number of hydrogen-bond acceptors (Lipinski definition) is 3. The zero-order valence-electron chi connectivity index (χ0n) is 16.1. The van der Waals surface area contributed by atoms with E-state index in [0.717, 1.165) is 30.8 Å². The van der Waals surface area contributed by atoms with Crippen LogP contribution in [0.2, 0.25) is 0 Å². The molecule has 2 aromatic carbocycles. The van der Waals surface area contributed by atoms with Crippen LogP contribution in [0.1, 0.15) is 62.0 Å². The highest BCUT2D eigenvalue weighted by Gasteiger charge is 2.14. The molecule has 0 aromatic heterocycles. The highest BCUT2D eigenvalue weighted by atomic mass is 16.5. The number of amides is 1. The Morgan fingerprint density at radius 1 is 1.08 bits per heavy atom. The Morgan fingerprint density at radius 2 is 1.73 bits per heavy atom. The molecule has 0 saturated heterocycles. The lowest BCUT2D eigenvalue weighted by Gasteiger charge is -2.18. The summed E-state index contributed by atoms with van der Waals surface area (Å²) in [5, 5.41) is 4.03. The maximum Gasteiger partial charge on any atom is 0.271 e. The molecular weight excluding hydrogens is 324 g/mol. The molecule has 0 aliphatic heterocycles. The van der Waals surface area contributed by atoms with Crippen molar-refractivity contribution < 1.29 is 9.53 Å². The molecule has 0 radical (unpaired) electrons. The minimum Gasteiger partial charge on any atom is -0.494 e. The fourth-order valence-corrected chi connectivity index (χ4v) is 2.34. The van der Waals surface area contributed by atoms with Gasteiger partial charge in [0.15, 0.2) is 0 Å². The summed E-state index contributed by atoms with van der Waals surface area (Å²) in [4.78, 5) is 12.2. The van der Waals surface area contributed by atoms with Crippen LogP contribution in [-0.2, 0) is 5.41 Å². The highest BCUT2D eigenvalue weighted by molar-refractivity contribution is 5.94. The van der Waals surface area contributed by atoms with Crippen molar-refractivity contribution in [3.63, 3.8) is 0 Å². The first-order chi connectivity index (χ1) is 12.4. The molecule has 0 heterocycles. The molecule has 4 heteroatoms. The van der Waals surface area contributed by atoms with E-state index >= 15 is 0 Å². The third kappa shape index (κ3) is 6.03. The first-order valence-corrected chi connectivity index (χ1v) is 9.07. The molecule has 138 valence electrons. The molecule has 0 atom stereocenters. The van der Waals surface area contributed by atoms with Crippen LogP contribution >= 0.6 is 0 Å². The predicted octanol–water partition coefficient (Wildman–Crippen LogP) is 4.93. The summed E-state index contributed by atoms with van der Waals surface area (Å²) >= 11 is 0. The zero-order valence-corrected chi connectivity index (χ0v) is 16.1. The van der Waals surface area contributed by atoms with Gasteiger partial charge in [-0.2, -0.15) is 5.10 Å². The van der Waals surface area contributed by atoms with Crippen molar-refractivity contribution in [3.05, 3.63) is 65.2 Å². The van der Waals surface area contributed by atoms with Crippen molar-refractivity contribution in [1.29, 1.82) is 0 Å². The van der Waals surface area contributed by atoms with Crippen LogP contribution in [0.4, 0.5) is 0 Å². The number of hydrogen-bond donors (Lipinski definition) is 1. The van der Waals surface area contributed by atoms with Crippen molar-refractivity contribution in [2.24, 2.45) is 5.10 Å². The number of ether oxygens (including phenoxy) is 1. The number of hydrazone groups is 1. The second-order valence-corrected chi connectivity index (χ2v) is 7.30. The maximum absolute atomic E-state index is 12.2. The SMILES string of the molecule is CCCCOc1ccc(C=NNC(=O)c2ccc(C(C)(C)C)cc2)cc1. The summed E-state index contributed by atoms with van der Waals surface area (Å²) in [6.07, 6.45) is 3.78. The molecule has 0 unspecified atom stereocenters. The summed E-state index contributed by atoms with van der Waals surface area (Å²) < 4.78 is 5.62. The lowest BCUT2D eigenvalue weighted by Crippen LogP contribution is -2.18. The largest absolute Gasteiger partial charge is 0.494 e. The standard InChI is InChI=1S/C22H28N2O2/c1-5-6-15-26-20-13-7-17(8-14-20)16-23-24-21(25)18-9-11-19(12-10-18)22(2,3)4/h7-14,16H,5-6,15H2,1-4H3,(H,24,25). The van der Waals surface area contributed by atoms with Crippen LogP contribution in [0.3, 0.4) is 0 Å². The van der Waals surface area contributed by atoms with Crippen molar-refractivity contribution in [1.82, 2.24) is 5.43 Å². The van der Waals surface area contributed by atoms with E-state index < -0.39 is 0 Å². The van der Waals surface area contributed by atoms with Crippen LogP contribution in [-0.4, -0.2) is 18.7 Å². The Labute approximate surface area is 156 Å². The smallest absolute Gasteiger partial charge is 0.271 e. The monoisotopic (exact) mass is 352 g/mol. The third-order valence-electron chi connectivity index (χ3n) is 4.04. The van der Waals surface area contributed by atoms with Gasteiger partial charge in [-0.05, 0) is 59.4 Å². The van der Waals surface area contributed by atoms with Crippen LogP contribution in [0.25, 0.3) is 0 Å². The molecule has 1 N–H and O–H groups in total. The summed E-state index contributed by atoms with van der Waals surface area (Å²) in [6.45, 7) is 9.30. The first kappa shape index (κ1) is 19.7. The predicted molar refractivity (Wildman–Crippen MR) is 107 cm³/mol. The van der Waals surface area contributed by atoms with E-state index in [0.29, 0.717) is 5.56 Å². The van der Waals surface area contributed by atoms with E-state index in [1.54, 1.807) is 6.21 Å². The highest BCUT2D eigenvalue weighted by Crippen LogP contribution is 2.22. The van der Waals surface area contributed by atoms with Crippen LogP contribution < -0.4 is 10.2 Å². The van der Waals surface area contributed by atoms with Crippen LogP contribution in [0, 0.1) is 0 Å². The summed E-state index contributed by atoms with van der Waals surface area (Å²) in [5.74, 6) is 0.625. The number of nitrogens with one attached hydrogen (secondary N) is 1. The second kappa shape index (κ2) is 9.18. The minimum absolute atomic E-state index is 0.0690. The summed E-state index contributed by atoms with van der Waals surface area (Å²) in [5.41, 5.74) is 5.32. The number of rotatable bonds is 7. The van der Waals surface area contributed by atoms with Gasteiger partial charge >= 0.3 is 0 Å². The van der Waals surface area contributed by atoms with Gasteiger partial charge in [0.05, 0.1) is 12.8 Å². The minimum atomic E-state index is -0.221. The lowest BCUT2D eigenvalue weighted by molar-refractivity contribution is 0.0955. The van der Waals surface area contributed by atoms with Gasteiger partial charge in [0, 0.05) is 5.56 Å². The van der Waals surface area contributed by atoms with Gasteiger partial charge in [-0.15, -0.1) is 0 Å². The summed E-state index contributed by atoms with van der Waals surface area (Å²) in [6, 6.07) is 15.3. The third-order valence-corrected chi connectivity index (χ3v) is 4.04. The van der Waals surface area contributed by atoms with E-state index in [2.05, 4.69) is 38.2 Å². The number of carbonyl (C=O) groups excluding carboxylic acids is 1. The average Bonchev–Trinajstić information content (AvgIpc) is 2.62. The topological polar surface area (TPSA) is 50.7 Å². The van der Waals surface area contributed by atoms with Crippen molar-refractivity contribution >= 4 is 12.1 Å². The van der Waals surface area contributed by atoms with Gasteiger partial charge in [0.25, 0.3) is 5.91 Å². The normalized spacial score (nSPS) is 11.5. The number of nitrogens with zero attached hydrogens (tertiary/aromatic N) is 1. The Bertz CT molecular complexity index is 726. The zero-order chi connectivity index (χ0) is 19.0. The molecule has 0 fully saturated rings. The molecule has 26 heavy (non-hydrogen) atoms. The van der Waals surface area contributed by atoms with Gasteiger partial charge in [0.1, 0.15) is 5.75 Å². The van der Waals surface area contributed by atoms with Crippen LogP contribution in [0.15, 0.2) is 53.6 Å². The fourth-order valence-electron chi connectivity index (χ4n) is 2.34. The van der Waals surface area contributed by atoms with Crippen molar-refractivity contribution in [2.75, 3.05) is 6.61 Å². The molecule has 2 rings (SSSR count). The molecule has 2 aromatic rings. The van der Waals surface area contributed by atoms with Crippen molar-refractivity contribution in [3.8, 4) is 5.75 Å². The Kier molecular flexibility index (Phi) is 6.96. The van der Waals surface area contributed by atoms with Gasteiger partial charge in [-0.1, -0.05) is 46.2 Å². The first-order valence-electron chi connectivity index (χ1n) is 9.07. The number of unbranched alkanes of at least 4 members (excludes halogenated alkanes) is 1. The van der Waals surface area contributed by atoms with E-state index in [-0.39, 0.29) is 11.3 Å². The molecular formula is C22H28N2O2. The molecule has 4 nitrogen and oxygen atoms in total. The van der Waals surface area contributed by atoms with Gasteiger partial charge < -0.3 is 4.74 Å². The van der Waals surface area contributed by atoms with Gasteiger partial charge in [-0.3, -0.25) is 4.79 Å². The average molecular weight is 352 g/mol. The van der Waals surface area contributed by atoms with E-state index in [4.69, 9.17) is 4.74 Å². The van der Waals surface area contributed by atoms with Gasteiger partial charge in [-0.25, -0.2) is 5.43 Å². The Balaban J connectivity index is 1.88. The maximum atomic E-state index is 12.2. The molecule has 0 spiro atoms. The molecule has 0 saturated carbocycles. The fraction of sp³-hybridized carbons (Fsp3) is 0.364. The van der Waals surface area contributed by atoms with Gasteiger partial charge in [0.2, 0.25) is 0 Å². The molecule has 1 amide bonds. The second-order valence-electron chi connectivity index (χ2n) is 7.30. The van der Waals surface area contributed by atoms with E-state index in [9.17, 15) is 4.79 Å². The molecule has 0 bridgehead atoms. The van der Waals surface area contributed by atoms with Crippen LogP contribution in [0.5, 0.6) is 5.75 Å².